The van der Waals surface area contributed by atoms with E-state index in [9.17, 15) is 4.79 Å². The lowest BCUT2D eigenvalue weighted by Crippen LogP contribution is -2.30. The van der Waals surface area contributed by atoms with E-state index in [0.717, 1.165) is 15.4 Å². The predicted octanol–water partition coefficient (Wildman–Crippen LogP) is 3.17. The van der Waals surface area contributed by atoms with E-state index >= 15 is 0 Å². The average Bonchev–Trinajstić information content (AvgIpc) is 3.19. The van der Waals surface area contributed by atoms with E-state index in [1.807, 2.05) is 25.1 Å². The highest BCUT2D eigenvalue weighted by molar-refractivity contribution is 7.11. The van der Waals surface area contributed by atoms with Crippen LogP contribution in [0.3, 0.4) is 0 Å². The average molecular weight is 329 g/mol. The fourth-order valence-electron chi connectivity index (χ4n) is 2.03. The summed E-state index contributed by atoms with van der Waals surface area (Å²) in [7, 11) is 1.74. The molecule has 0 aliphatic rings. The molecule has 2 amide bonds. The van der Waals surface area contributed by atoms with Gasteiger partial charge in [0.05, 0.1) is 11.6 Å². The van der Waals surface area contributed by atoms with Gasteiger partial charge >= 0.3 is 6.03 Å². The number of nitrogens with one attached hydrogen (secondary N) is 1. The Kier molecular flexibility index (Phi) is 4.33. The Morgan fingerprint density at radius 2 is 2.30 bits per heavy atom. The fourth-order valence-corrected chi connectivity index (χ4v) is 2.88. The molecule has 0 atom stereocenters. The maximum absolute atomic E-state index is 12.3. The largest absolute Gasteiger partial charge is 0.423 e. The van der Waals surface area contributed by atoms with Crippen LogP contribution in [0, 0.1) is 6.92 Å². The maximum atomic E-state index is 12.3. The van der Waals surface area contributed by atoms with Crippen molar-refractivity contribution < 1.29 is 9.21 Å². The third-order valence-electron chi connectivity index (χ3n) is 3.13. The Bertz CT molecular complexity index is 800. The molecule has 0 aliphatic heterocycles. The first-order chi connectivity index (χ1) is 11.1. The molecule has 0 unspecified atom stereocenters. The fraction of sp³-hybridized carbons (Fsp3) is 0.200. The van der Waals surface area contributed by atoms with Gasteiger partial charge in [0.1, 0.15) is 0 Å². The number of rotatable bonds is 4. The van der Waals surface area contributed by atoms with Crippen LogP contribution in [0.2, 0.25) is 0 Å². The first kappa shape index (κ1) is 15.2. The summed E-state index contributed by atoms with van der Waals surface area (Å²) < 4.78 is 5.16. The van der Waals surface area contributed by atoms with Gasteiger partial charge in [0, 0.05) is 29.4 Å². The van der Waals surface area contributed by atoms with Gasteiger partial charge in [-0.25, -0.2) is 9.78 Å². The van der Waals surface area contributed by atoms with Crippen molar-refractivity contribution in [1.82, 2.24) is 20.1 Å². The highest BCUT2D eigenvalue weighted by Gasteiger charge is 2.12. The predicted molar refractivity (Wildman–Crippen MR) is 87.1 cm³/mol. The van der Waals surface area contributed by atoms with E-state index in [-0.39, 0.29) is 6.03 Å². The number of carbonyl (C=O) groups excluding carboxylic acids is 1. The number of nitrogens with zero attached hydrogens (tertiary/aromatic N) is 4. The highest BCUT2D eigenvalue weighted by Crippen LogP contribution is 2.21. The zero-order valence-corrected chi connectivity index (χ0v) is 13.5. The maximum Gasteiger partial charge on any atom is 0.321 e. The Labute approximate surface area is 137 Å². The Morgan fingerprint density at radius 1 is 1.43 bits per heavy atom. The number of anilines is 1. The zero-order chi connectivity index (χ0) is 16.2. The van der Waals surface area contributed by atoms with E-state index in [1.54, 1.807) is 35.5 Å². The van der Waals surface area contributed by atoms with Gasteiger partial charge in [0.25, 0.3) is 0 Å². The molecular formula is C15H15N5O2S. The molecule has 0 fully saturated rings. The monoisotopic (exact) mass is 329 g/mol. The first-order valence-electron chi connectivity index (χ1n) is 6.92. The van der Waals surface area contributed by atoms with Gasteiger partial charge in [0.15, 0.2) is 0 Å². The molecule has 2 heterocycles. The summed E-state index contributed by atoms with van der Waals surface area (Å²) in [5.74, 6) is 0.412. The third kappa shape index (κ3) is 3.72. The molecule has 8 heteroatoms. The zero-order valence-electron chi connectivity index (χ0n) is 12.7. The van der Waals surface area contributed by atoms with Crippen LogP contribution in [0.15, 0.2) is 41.3 Å². The first-order valence-corrected chi connectivity index (χ1v) is 7.73. The summed E-state index contributed by atoms with van der Waals surface area (Å²) in [6.45, 7) is 2.46. The Morgan fingerprint density at radius 3 is 3.00 bits per heavy atom. The van der Waals surface area contributed by atoms with Crippen LogP contribution in [-0.4, -0.2) is 33.2 Å². The van der Waals surface area contributed by atoms with Gasteiger partial charge < -0.3 is 14.6 Å². The summed E-state index contributed by atoms with van der Waals surface area (Å²) in [4.78, 5) is 19.1. The molecule has 0 aliphatic carbocycles. The Hall–Kier alpha value is -2.74. The number of carbonyl (C=O) groups is 1. The molecule has 0 saturated carbocycles. The van der Waals surface area contributed by atoms with Crippen molar-refractivity contribution in [2.24, 2.45) is 0 Å². The summed E-state index contributed by atoms with van der Waals surface area (Å²) in [6.07, 6.45) is 3.06. The lowest BCUT2D eigenvalue weighted by atomic mass is 10.2. The van der Waals surface area contributed by atoms with Crippen LogP contribution in [0.5, 0.6) is 0 Å². The SMILES string of the molecule is Cc1ncc(CN(C)C(=O)Nc2cccc(-c3nnco3)c2)s1. The quantitative estimate of drug-likeness (QED) is 0.795. The van der Waals surface area contributed by atoms with E-state index in [4.69, 9.17) is 4.42 Å². The minimum atomic E-state index is -0.196. The Balaban J connectivity index is 1.66. The van der Waals surface area contributed by atoms with Crippen molar-refractivity contribution in [3.8, 4) is 11.5 Å². The van der Waals surface area contributed by atoms with Crippen LogP contribution in [0.25, 0.3) is 11.5 Å². The summed E-state index contributed by atoms with van der Waals surface area (Å²) in [5.41, 5.74) is 1.42. The smallest absolute Gasteiger partial charge is 0.321 e. The molecule has 0 radical (unpaired) electrons. The van der Waals surface area contributed by atoms with Gasteiger partial charge in [-0.2, -0.15) is 0 Å². The van der Waals surface area contributed by atoms with Gasteiger partial charge in [-0.15, -0.1) is 21.5 Å². The van der Waals surface area contributed by atoms with E-state index in [1.165, 1.54) is 6.39 Å². The van der Waals surface area contributed by atoms with Gasteiger partial charge in [-0.05, 0) is 25.1 Å². The van der Waals surface area contributed by atoms with Crippen LogP contribution in [-0.2, 0) is 6.54 Å². The number of aryl methyl sites for hydroxylation is 1. The molecule has 118 valence electrons. The van der Waals surface area contributed by atoms with E-state index in [2.05, 4.69) is 20.5 Å². The molecule has 23 heavy (non-hydrogen) atoms. The lowest BCUT2D eigenvalue weighted by molar-refractivity contribution is 0.221. The van der Waals surface area contributed by atoms with E-state index < -0.39 is 0 Å². The third-order valence-corrected chi connectivity index (χ3v) is 4.03. The lowest BCUT2D eigenvalue weighted by Gasteiger charge is -2.17. The van der Waals surface area contributed by atoms with Gasteiger partial charge in [-0.3, -0.25) is 0 Å². The number of amides is 2. The molecular weight excluding hydrogens is 314 g/mol. The molecule has 0 bridgehead atoms. The van der Waals surface area contributed by atoms with Gasteiger partial charge in [-0.1, -0.05) is 6.07 Å². The van der Waals surface area contributed by atoms with Crippen LogP contribution in [0.1, 0.15) is 9.88 Å². The summed E-state index contributed by atoms with van der Waals surface area (Å²) >= 11 is 1.58. The van der Waals surface area contributed by atoms with Crippen molar-refractivity contribution in [1.29, 1.82) is 0 Å². The molecule has 1 aromatic carbocycles. The number of benzene rings is 1. The molecule has 3 aromatic rings. The normalized spacial score (nSPS) is 10.5. The standard InChI is InChI=1S/C15H15N5O2S/c1-10-16-7-13(23-10)8-20(2)15(21)18-12-5-3-4-11(6-12)14-19-17-9-22-14/h3-7,9H,8H2,1-2H3,(H,18,21). The van der Waals surface area contributed by atoms with Crippen LogP contribution >= 0.6 is 11.3 Å². The van der Waals surface area contributed by atoms with Crippen LogP contribution in [0.4, 0.5) is 10.5 Å². The van der Waals surface area contributed by atoms with Crippen molar-refractivity contribution in [2.45, 2.75) is 13.5 Å². The minimum Gasteiger partial charge on any atom is -0.423 e. The number of urea groups is 1. The van der Waals surface area contributed by atoms with Crippen molar-refractivity contribution in [3.05, 3.63) is 46.7 Å². The molecule has 2 aromatic heterocycles. The van der Waals surface area contributed by atoms with Crippen LogP contribution < -0.4 is 5.32 Å². The topological polar surface area (TPSA) is 84.2 Å². The van der Waals surface area contributed by atoms with Crippen molar-refractivity contribution >= 4 is 23.1 Å². The van der Waals surface area contributed by atoms with E-state index in [0.29, 0.717) is 18.1 Å². The minimum absolute atomic E-state index is 0.196. The number of hydrogen-bond acceptors (Lipinski definition) is 6. The second-order valence-electron chi connectivity index (χ2n) is 4.96. The molecule has 7 nitrogen and oxygen atoms in total. The second-order valence-corrected chi connectivity index (χ2v) is 6.28. The summed E-state index contributed by atoms with van der Waals surface area (Å²) in [6, 6.07) is 7.06. The number of hydrogen-bond donors (Lipinski definition) is 1. The number of aromatic nitrogens is 3. The summed E-state index contributed by atoms with van der Waals surface area (Å²) in [5, 5.41) is 11.3. The van der Waals surface area contributed by atoms with Gasteiger partial charge in [0.2, 0.25) is 12.3 Å². The van der Waals surface area contributed by atoms with Crippen molar-refractivity contribution in [3.63, 3.8) is 0 Å². The number of thiazole rings is 1. The molecule has 3 rings (SSSR count). The second kappa shape index (κ2) is 6.57. The molecule has 0 saturated heterocycles. The van der Waals surface area contributed by atoms with Crippen molar-refractivity contribution in [2.75, 3.05) is 12.4 Å². The molecule has 0 spiro atoms. The highest BCUT2D eigenvalue weighted by atomic mass is 32.1. The molecule has 1 N–H and O–H groups in total.